The van der Waals surface area contributed by atoms with Crippen molar-refractivity contribution in [2.75, 3.05) is 5.75 Å². The molecule has 160 valence electrons. The average Bonchev–Trinajstić information content (AvgIpc) is 3.16. The summed E-state index contributed by atoms with van der Waals surface area (Å²) in [5, 5.41) is 7.67. The van der Waals surface area contributed by atoms with Crippen LogP contribution in [0.4, 0.5) is 5.69 Å². The number of hydrogen-bond acceptors (Lipinski definition) is 6. The van der Waals surface area contributed by atoms with Crippen molar-refractivity contribution in [3.8, 4) is 0 Å². The maximum absolute atomic E-state index is 12.3. The normalized spacial score (nSPS) is 11.2. The van der Waals surface area contributed by atoms with Crippen molar-refractivity contribution in [1.82, 2.24) is 15.0 Å². The van der Waals surface area contributed by atoms with E-state index in [1.54, 1.807) is 18.2 Å². The Hall–Kier alpha value is -3.30. The number of nitrogens with zero attached hydrogens (tertiary/aromatic N) is 4. The molecule has 0 atom stereocenters. The van der Waals surface area contributed by atoms with Crippen LogP contribution in [0.25, 0.3) is 11.0 Å². The zero-order valence-electron chi connectivity index (χ0n) is 16.8. The Morgan fingerprint density at radius 2 is 1.88 bits per heavy atom. The number of rotatable bonds is 8. The van der Waals surface area contributed by atoms with Crippen LogP contribution in [-0.2, 0) is 11.3 Å². The van der Waals surface area contributed by atoms with E-state index in [0.717, 1.165) is 26.2 Å². The van der Waals surface area contributed by atoms with Gasteiger partial charge in [0.25, 0.3) is 5.91 Å². The molecule has 0 aliphatic carbocycles. The standard InChI is InChI=1S/C23H18BrN5O2S/c24-18-10-11-19(28-31)17(12-18)13-25-27-22(30)15-32-23-26-20-8-4-5-9-21(20)29(23)14-16-6-2-1-3-7-16/h1-13H,14-15H2,(H,27,30)/b25-13+. The Kier molecular flexibility index (Phi) is 7.08. The first kappa shape index (κ1) is 21.9. The molecule has 0 radical (unpaired) electrons. The lowest BCUT2D eigenvalue weighted by Crippen LogP contribution is -2.20. The lowest BCUT2D eigenvalue weighted by atomic mass is 10.2. The van der Waals surface area contributed by atoms with Crippen LogP contribution in [0.2, 0.25) is 0 Å². The fourth-order valence-corrected chi connectivity index (χ4v) is 4.32. The molecule has 0 aliphatic rings. The summed E-state index contributed by atoms with van der Waals surface area (Å²) in [5.41, 5.74) is 6.29. The summed E-state index contributed by atoms with van der Waals surface area (Å²) in [7, 11) is 0. The summed E-state index contributed by atoms with van der Waals surface area (Å²) >= 11 is 4.68. The Morgan fingerprint density at radius 3 is 2.69 bits per heavy atom. The fraction of sp³-hybridized carbons (Fsp3) is 0.0870. The SMILES string of the molecule is O=Nc1ccc(Br)cc1/C=N/NC(=O)CSc1nc2ccccc2n1Cc1ccccc1. The van der Waals surface area contributed by atoms with Gasteiger partial charge >= 0.3 is 0 Å². The van der Waals surface area contributed by atoms with Crippen molar-refractivity contribution in [2.24, 2.45) is 10.3 Å². The van der Waals surface area contributed by atoms with E-state index in [0.29, 0.717) is 12.1 Å². The number of benzene rings is 3. The van der Waals surface area contributed by atoms with Gasteiger partial charge in [0.15, 0.2) is 5.16 Å². The third-order valence-electron chi connectivity index (χ3n) is 4.62. The molecule has 1 aromatic heterocycles. The molecule has 0 spiro atoms. The summed E-state index contributed by atoms with van der Waals surface area (Å²) in [6, 6.07) is 23.0. The van der Waals surface area contributed by atoms with Gasteiger partial charge < -0.3 is 4.57 Å². The van der Waals surface area contributed by atoms with Crippen LogP contribution < -0.4 is 5.43 Å². The van der Waals surface area contributed by atoms with Crippen molar-refractivity contribution in [3.63, 3.8) is 0 Å². The van der Waals surface area contributed by atoms with Crippen molar-refractivity contribution in [2.45, 2.75) is 11.7 Å². The molecule has 3 aromatic carbocycles. The van der Waals surface area contributed by atoms with Crippen LogP contribution in [-0.4, -0.2) is 27.4 Å². The van der Waals surface area contributed by atoms with Gasteiger partial charge in [-0.05, 0) is 41.1 Å². The second-order valence-corrected chi connectivity index (χ2v) is 8.69. The van der Waals surface area contributed by atoms with E-state index in [2.05, 4.69) is 48.3 Å². The highest BCUT2D eigenvalue weighted by Crippen LogP contribution is 2.25. The number of carbonyl (C=O) groups is 1. The van der Waals surface area contributed by atoms with Crippen LogP contribution in [0.1, 0.15) is 11.1 Å². The zero-order chi connectivity index (χ0) is 22.3. The highest BCUT2D eigenvalue weighted by Gasteiger charge is 2.13. The van der Waals surface area contributed by atoms with Gasteiger partial charge in [0.1, 0.15) is 5.69 Å². The molecular formula is C23H18BrN5O2S. The molecule has 1 amide bonds. The molecule has 0 bridgehead atoms. The molecular weight excluding hydrogens is 490 g/mol. The molecule has 4 aromatic rings. The first-order chi connectivity index (χ1) is 15.6. The predicted octanol–water partition coefficient (Wildman–Crippen LogP) is 5.49. The maximum Gasteiger partial charge on any atom is 0.250 e. The number of nitrogens with one attached hydrogen (secondary N) is 1. The van der Waals surface area contributed by atoms with Gasteiger partial charge in [0, 0.05) is 10.0 Å². The lowest BCUT2D eigenvalue weighted by molar-refractivity contribution is -0.118. The van der Waals surface area contributed by atoms with Gasteiger partial charge in [-0.1, -0.05) is 70.2 Å². The summed E-state index contributed by atoms with van der Waals surface area (Å²) in [6.07, 6.45) is 1.40. The molecule has 0 fully saturated rings. The Morgan fingerprint density at radius 1 is 1.09 bits per heavy atom. The van der Waals surface area contributed by atoms with Crippen molar-refractivity contribution in [3.05, 3.63) is 93.3 Å². The van der Waals surface area contributed by atoms with Gasteiger partial charge in [-0.25, -0.2) is 10.4 Å². The Bertz CT molecular complexity index is 1290. The molecule has 0 saturated carbocycles. The topological polar surface area (TPSA) is 88.7 Å². The third kappa shape index (κ3) is 5.30. The average molecular weight is 508 g/mol. The van der Waals surface area contributed by atoms with E-state index in [-0.39, 0.29) is 17.3 Å². The summed E-state index contributed by atoms with van der Waals surface area (Å²) < 4.78 is 2.89. The summed E-state index contributed by atoms with van der Waals surface area (Å²) in [5.74, 6) is -0.132. The number of carbonyl (C=O) groups excluding carboxylic acids is 1. The number of amides is 1. The van der Waals surface area contributed by atoms with Crippen molar-refractivity contribution < 1.29 is 4.79 Å². The molecule has 1 heterocycles. The molecule has 0 unspecified atom stereocenters. The van der Waals surface area contributed by atoms with E-state index in [1.165, 1.54) is 18.0 Å². The number of hydrogen-bond donors (Lipinski definition) is 1. The van der Waals surface area contributed by atoms with Gasteiger partial charge in [-0.15, -0.1) is 4.91 Å². The highest BCUT2D eigenvalue weighted by molar-refractivity contribution is 9.10. The molecule has 32 heavy (non-hydrogen) atoms. The summed E-state index contributed by atoms with van der Waals surface area (Å²) in [6.45, 7) is 0.661. The van der Waals surface area contributed by atoms with E-state index in [9.17, 15) is 9.70 Å². The van der Waals surface area contributed by atoms with Crippen LogP contribution in [0, 0.1) is 4.91 Å². The molecule has 7 nitrogen and oxygen atoms in total. The van der Waals surface area contributed by atoms with E-state index in [4.69, 9.17) is 4.98 Å². The van der Waals surface area contributed by atoms with Crippen LogP contribution in [0.15, 0.2) is 92.7 Å². The first-order valence-electron chi connectivity index (χ1n) is 9.71. The molecule has 4 rings (SSSR count). The number of thioether (sulfide) groups is 1. The molecule has 1 N–H and O–H groups in total. The minimum absolute atomic E-state index is 0.146. The van der Waals surface area contributed by atoms with Crippen LogP contribution in [0.5, 0.6) is 0 Å². The predicted molar refractivity (Wildman–Crippen MR) is 131 cm³/mol. The first-order valence-corrected chi connectivity index (χ1v) is 11.5. The second kappa shape index (κ2) is 10.3. The Balaban J connectivity index is 1.45. The van der Waals surface area contributed by atoms with E-state index < -0.39 is 0 Å². The van der Waals surface area contributed by atoms with Crippen LogP contribution >= 0.6 is 27.7 Å². The minimum Gasteiger partial charge on any atom is -0.314 e. The number of halogens is 1. The second-order valence-electron chi connectivity index (χ2n) is 6.83. The third-order valence-corrected chi connectivity index (χ3v) is 6.09. The minimum atomic E-state index is -0.278. The van der Waals surface area contributed by atoms with Crippen LogP contribution in [0.3, 0.4) is 0 Å². The quantitative estimate of drug-likeness (QED) is 0.148. The number of nitroso groups, excluding NO2 is 1. The highest BCUT2D eigenvalue weighted by atomic mass is 79.9. The molecule has 9 heteroatoms. The number of imidazole rings is 1. The van der Waals surface area contributed by atoms with Gasteiger partial charge in [0.05, 0.1) is 29.5 Å². The molecule has 0 saturated heterocycles. The summed E-state index contributed by atoms with van der Waals surface area (Å²) in [4.78, 5) is 27.9. The van der Waals surface area contributed by atoms with Gasteiger partial charge in [-0.3, -0.25) is 4.79 Å². The largest absolute Gasteiger partial charge is 0.314 e. The maximum atomic E-state index is 12.3. The fourth-order valence-electron chi connectivity index (χ4n) is 3.13. The molecule has 0 aliphatic heterocycles. The van der Waals surface area contributed by atoms with E-state index in [1.807, 2.05) is 42.5 Å². The lowest BCUT2D eigenvalue weighted by Gasteiger charge is -2.09. The zero-order valence-corrected chi connectivity index (χ0v) is 19.2. The number of fused-ring (bicyclic) bond motifs is 1. The number of aromatic nitrogens is 2. The van der Waals surface area contributed by atoms with Gasteiger partial charge in [0.2, 0.25) is 0 Å². The van der Waals surface area contributed by atoms with Gasteiger partial charge in [-0.2, -0.15) is 5.10 Å². The van der Waals surface area contributed by atoms with Crippen molar-refractivity contribution in [1.29, 1.82) is 0 Å². The van der Waals surface area contributed by atoms with E-state index >= 15 is 0 Å². The number of para-hydroxylation sites is 2. The Labute approximate surface area is 197 Å². The smallest absolute Gasteiger partial charge is 0.250 e. The number of hydrazone groups is 1. The van der Waals surface area contributed by atoms with Crippen molar-refractivity contribution >= 4 is 56.5 Å². The monoisotopic (exact) mass is 507 g/mol.